The van der Waals surface area contributed by atoms with Gasteiger partial charge in [-0.25, -0.2) is 4.98 Å². The SMILES string of the molecule is CN(C(=O)c1cncc(OS(=O)(=O)F)c1)c1ccccn1. The highest BCUT2D eigenvalue weighted by molar-refractivity contribution is 7.81. The number of hydrogen-bond donors (Lipinski definition) is 0. The van der Waals surface area contributed by atoms with E-state index in [9.17, 15) is 17.1 Å². The molecule has 0 saturated carbocycles. The normalized spacial score (nSPS) is 11.0. The van der Waals surface area contributed by atoms with E-state index in [2.05, 4.69) is 14.2 Å². The number of anilines is 1. The minimum atomic E-state index is -5.17. The second kappa shape index (κ2) is 5.83. The topological polar surface area (TPSA) is 89.5 Å². The first-order chi connectivity index (χ1) is 9.87. The van der Waals surface area contributed by atoms with Crippen molar-refractivity contribution < 1.29 is 21.3 Å². The van der Waals surface area contributed by atoms with Gasteiger partial charge >= 0.3 is 10.5 Å². The highest BCUT2D eigenvalue weighted by Gasteiger charge is 2.17. The lowest BCUT2D eigenvalue weighted by Gasteiger charge is -2.15. The molecule has 0 fully saturated rings. The molecular weight excluding hydrogens is 301 g/mol. The Morgan fingerprint density at radius 2 is 2.10 bits per heavy atom. The van der Waals surface area contributed by atoms with Crippen LogP contribution in [0.25, 0.3) is 0 Å². The summed E-state index contributed by atoms with van der Waals surface area (Å²) >= 11 is 0. The fraction of sp³-hybridized carbons (Fsp3) is 0.0833. The molecule has 7 nitrogen and oxygen atoms in total. The maximum Gasteiger partial charge on any atom is 0.488 e. The highest BCUT2D eigenvalue weighted by Crippen LogP contribution is 2.17. The lowest BCUT2D eigenvalue weighted by Crippen LogP contribution is -2.27. The van der Waals surface area contributed by atoms with E-state index in [4.69, 9.17) is 0 Å². The van der Waals surface area contributed by atoms with Crippen LogP contribution in [-0.2, 0) is 10.5 Å². The third kappa shape index (κ3) is 3.96. The van der Waals surface area contributed by atoms with Gasteiger partial charge in [-0.3, -0.25) is 14.7 Å². The van der Waals surface area contributed by atoms with Gasteiger partial charge in [-0.15, -0.1) is 0 Å². The van der Waals surface area contributed by atoms with E-state index in [-0.39, 0.29) is 5.56 Å². The van der Waals surface area contributed by atoms with Gasteiger partial charge < -0.3 is 4.18 Å². The van der Waals surface area contributed by atoms with Crippen LogP contribution < -0.4 is 9.08 Å². The molecule has 9 heteroatoms. The molecule has 2 aromatic rings. The van der Waals surface area contributed by atoms with Crippen molar-refractivity contribution in [1.82, 2.24) is 9.97 Å². The first-order valence-electron chi connectivity index (χ1n) is 5.65. The van der Waals surface area contributed by atoms with E-state index in [0.717, 1.165) is 12.3 Å². The van der Waals surface area contributed by atoms with Crippen molar-refractivity contribution in [1.29, 1.82) is 0 Å². The zero-order valence-corrected chi connectivity index (χ0v) is 11.6. The molecule has 2 aromatic heterocycles. The van der Waals surface area contributed by atoms with Crippen LogP contribution in [0.5, 0.6) is 5.75 Å². The zero-order chi connectivity index (χ0) is 15.5. The average Bonchev–Trinajstić information content (AvgIpc) is 2.45. The van der Waals surface area contributed by atoms with Crippen molar-refractivity contribution in [2.24, 2.45) is 0 Å². The molecule has 21 heavy (non-hydrogen) atoms. The van der Waals surface area contributed by atoms with Crippen LogP contribution >= 0.6 is 0 Å². The minimum Gasteiger partial charge on any atom is -0.357 e. The van der Waals surface area contributed by atoms with Gasteiger partial charge in [0.15, 0.2) is 5.75 Å². The summed E-state index contributed by atoms with van der Waals surface area (Å²) < 4.78 is 37.3. The quantitative estimate of drug-likeness (QED) is 0.792. The molecule has 0 aliphatic carbocycles. The fourth-order valence-corrected chi connectivity index (χ4v) is 1.87. The van der Waals surface area contributed by atoms with Crippen molar-refractivity contribution >= 4 is 22.2 Å². The molecule has 0 spiro atoms. The first kappa shape index (κ1) is 14.9. The van der Waals surface area contributed by atoms with Gasteiger partial charge in [-0.05, 0) is 18.2 Å². The van der Waals surface area contributed by atoms with Gasteiger partial charge in [0.2, 0.25) is 0 Å². The number of rotatable bonds is 4. The Balaban J connectivity index is 2.26. The Bertz CT molecular complexity index is 752. The van der Waals surface area contributed by atoms with Gasteiger partial charge in [0, 0.05) is 19.4 Å². The van der Waals surface area contributed by atoms with E-state index in [1.54, 1.807) is 18.2 Å². The zero-order valence-electron chi connectivity index (χ0n) is 10.8. The van der Waals surface area contributed by atoms with Crippen LogP contribution in [0.2, 0.25) is 0 Å². The number of aromatic nitrogens is 2. The Labute approximate surface area is 120 Å². The molecule has 2 heterocycles. The summed E-state index contributed by atoms with van der Waals surface area (Å²) in [4.78, 5) is 21.1. The summed E-state index contributed by atoms with van der Waals surface area (Å²) in [6.07, 6.45) is 3.71. The van der Waals surface area contributed by atoms with Crippen LogP contribution in [0.1, 0.15) is 10.4 Å². The molecule has 0 bridgehead atoms. The highest BCUT2D eigenvalue weighted by atomic mass is 32.3. The molecule has 0 unspecified atom stereocenters. The van der Waals surface area contributed by atoms with E-state index in [0.29, 0.717) is 5.82 Å². The molecule has 0 aromatic carbocycles. The third-order valence-corrected chi connectivity index (χ3v) is 2.84. The minimum absolute atomic E-state index is 0.0318. The van der Waals surface area contributed by atoms with Crippen LogP contribution in [-0.4, -0.2) is 31.3 Å². The Morgan fingerprint density at radius 1 is 1.33 bits per heavy atom. The monoisotopic (exact) mass is 311 g/mol. The molecule has 2 rings (SSSR count). The number of halogens is 1. The van der Waals surface area contributed by atoms with Gasteiger partial charge in [0.05, 0.1) is 11.8 Å². The summed E-state index contributed by atoms with van der Waals surface area (Å²) in [5, 5.41) is 0. The maximum atomic E-state index is 12.4. The van der Waals surface area contributed by atoms with E-state index in [1.807, 2.05) is 0 Å². The predicted molar refractivity (Wildman–Crippen MR) is 71.9 cm³/mol. The summed E-state index contributed by atoms with van der Waals surface area (Å²) in [5.41, 5.74) is 0.0318. The summed E-state index contributed by atoms with van der Waals surface area (Å²) in [7, 11) is -3.68. The van der Waals surface area contributed by atoms with Gasteiger partial charge in [-0.2, -0.15) is 8.42 Å². The molecule has 1 amide bonds. The van der Waals surface area contributed by atoms with Crippen molar-refractivity contribution in [3.63, 3.8) is 0 Å². The summed E-state index contributed by atoms with van der Waals surface area (Å²) in [5.74, 6) is -0.493. The van der Waals surface area contributed by atoms with Crippen LogP contribution in [0, 0.1) is 0 Å². The molecule has 0 aliphatic rings. The maximum absolute atomic E-state index is 12.4. The van der Waals surface area contributed by atoms with Crippen LogP contribution in [0.15, 0.2) is 42.9 Å². The van der Waals surface area contributed by atoms with Crippen molar-refractivity contribution in [3.05, 3.63) is 48.4 Å². The molecule has 0 radical (unpaired) electrons. The molecule has 0 atom stereocenters. The van der Waals surface area contributed by atoms with E-state index < -0.39 is 22.2 Å². The first-order valence-corrected chi connectivity index (χ1v) is 6.96. The number of hydrogen-bond acceptors (Lipinski definition) is 6. The third-order valence-electron chi connectivity index (χ3n) is 2.45. The lowest BCUT2D eigenvalue weighted by molar-refractivity contribution is 0.0991. The van der Waals surface area contributed by atoms with E-state index in [1.165, 1.54) is 24.3 Å². The van der Waals surface area contributed by atoms with Crippen molar-refractivity contribution in [3.8, 4) is 5.75 Å². The number of amides is 1. The van der Waals surface area contributed by atoms with Crippen molar-refractivity contribution in [2.45, 2.75) is 0 Å². The predicted octanol–water partition coefficient (Wildman–Crippen LogP) is 1.35. The molecule has 0 saturated heterocycles. The smallest absolute Gasteiger partial charge is 0.357 e. The average molecular weight is 311 g/mol. The number of nitrogens with zero attached hydrogens (tertiary/aromatic N) is 3. The standard InChI is InChI=1S/C12H10FN3O4S/c1-16(11-4-2-3-5-15-11)12(17)9-6-10(8-14-7-9)20-21(13,18)19/h2-8H,1H3. The molecule has 0 aliphatic heterocycles. The molecule has 0 N–H and O–H groups in total. The Kier molecular flexibility index (Phi) is 4.13. The lowest BCUT2D eigenvalue weighted by atomic mass is 10.2. The van der Waals surface area contributed by atoms with Crippen LogP contribution in [0.4, 0.5) is 9.70 Å². The summed E-state index contributed by atoms with van der Waals surface area (Å²) in [6.45, 7) is 0. The van der Waals surface area contributed by atoms with Gasteiger partial charge in [0.25, 0.3) is 5.91 Å². The number of pyridine rings is 2. The Morgan fingerprint density at radius 3 is 2.71 bits per heavy atom. The molecular formula is C12H10FN3O4S. The fourth-order valence-electron chi connectivity index (χ4n) is 1.55. The van der Waals surface area contributed by atoms with Gasteiger partial charge in [-0.1, -0.05) is 9.95 Å². The number of carbonyl (C=O) groups excluding carboxylic acids is 1. The number of carbonyl (C=O) groups is 1. The molecule has 110 valence electrons. The van der Waals surface area contributed by atoms with E-state index >= 15 is 0 Å². The van der Waals surface area contributed by atoms with Crippen molar-refractivity contribution in [2.75, 3.05) is 11.9 Å². The summed E-state index contributed by atoms with van der Waals surface area (Å²) in [6, 6.07) is 6.10. The van der Waals surface area contributed by atoms with Gasteiger partial charge in [0.1, 0.15) is 5.82 Å². The largest absolute Gasteiger partial charge is 0.488 e. The van der Waals surface area contributed by atoms with Crippen LogP contribution in [0.3, 0.4) is 0 Å². The Hall–Kier alpha value is -2.55. The second-order valence-corrected chi connectivity index (χ2v) is 4.89. The second-order valence-electron chi connectivity index (χ2n) is 3.94.